The predicted molar refractivity (Wildman–Crippen MR) is 66.1 cm³/mol. The standard InChI is InChI=1S/C10H16BrNO2S/c1-7(10(13-2)14-3)12-5-9-4-8(11)6-15-9/h4,6-7,10,12H,5H2,1-3H3. The third-order valence-corrected chi connectivity index (χ3v) is 3.79. The van der Waals surface area contributed by atoms with Crippen molar-refractivity contribution in [2.45, 2.75) is 25.8 Å². The number of nitrogens with one attached hydrogen (secondary N) is 1. The maximum absolute atomic E-state index is 5.16. The molecule has 1 rings (SSSR count). The van der Waals surface area contributed by atoms with Crippen LogP contribution in [0.3, 0.4) is 0 Å². The van der Waals surface area contributed by atoms with Crippen molar-refractivity contribution >= 4 is 27.3 Å². The number of hydrogen-bond donors (Lipinski definition) is 1. The van der Waals surface area contributed by atoms with Crippen molar-refractivity contribution in [1.29, 1.82) is 0 Å². The lowest BCUT2D eigenvalue weighted by Crippen LogP contribution is -2.39. The Balaban J connectivity index is 2.36. The Bertz CT molecular complexity index is 289. The van der Waals surface area contributed by atoms with Crippen molar-refractivity contribution in [2.24, 2.45) is 0 Å². The summed E-state index contributed by atoms with van der Waals surface area (Å²) < 4.78 is 11.5. The molecule has 0 spiro atoms. The zero-order chi connectivity index (χ0) is 11.3. The third-order valence-electron chi connectivity index (χ3n) is 2.09. The van der Waals surface area contributed by atoms with Gasteiger partial charge in [-0.15, -0.1) is 11.3 Å². The first-order valence-corrected chi connectivity index (χ1v) is 6.36. The van der Waals surface area contributed by atoms with Gasteiger partial charge in [-0.1, -0.05) is 0 Å². The summed E-state index contributed by atoms with van der Waals surface area (Å²) in [7, 11) is 3.29. The third kappa shape index (κ3) is 4.20. The first-order chi connectivity index (χ1) is 7.17. The summed E-state index contributed by atoms with van der Waals surface area (Å²) in [5.74, 6) is 0. The van der Waals surface area contributed by atoms with Crippen molar-refractivity contribution in [3.05, 3.63) is 20.8 Å². The molecule has 0 radical (unpaired) electrons. The highest BCUT2D eigenvalue weighted by Crippen LogP contribution is 2.19. The molecule has 1 unspecified atom stereocenters. The molecule has 1 heterocycles. The zero-order valence-electron chi connectivity index (χ0n) is 9.12. The van der Waals surface area contributed by atoms with E-state index in [4.69, 9.17) is 9.47 Å². The summed E-state index contributed by atoms with van der Waals surface area (Å²) in [6.07, 6.45) is -0.201. The van der Waals surface area contributed by atoms with Gasteiger partial charge in [-0.25, -0.2) is 0 Å². The molecule has 1 aromatic heterocycles. The first-order valence-electron chi connectivity index (χ1n) is 4.69. The van der Waals surface area contributed by atoms with Crippen LogP contribution in [0.2, 0.25) is 0 Å². The van der Waals surface area contributed by atoms with Gasteiger partial charge in [-0.3, -0.25) is 0 Å². The van der Waals surface area contributed by atoms with Crippen molar-refractivity contribution in [3.8, 4) is 0 Å². The van der Waals surface area contributed by atoms with E-state index in [1.165, 1.54) is 4.88 Å². The van der Waals surface area contributed by atoms with Crippen LogP contribution in [0.1, 0.15) is 11.8 Å². The maximum atomic E-state index is 5.16. The van der Waals surface area contributed by atoms with E-state index in [-0.39, 0.29) is 12.3 Å². The van der Waals surface area contributed by atoms with Crippen LogP contribution in [-0.2, 0) is 16.0 Å². The minimum atomic E-state index is -0.201. The van der Waals surface area contributed by atoms with Gasteiger partial charge in [0.25, 0.3) is 0 Å². The van der Waals surface area contributed by atoms with E-state index < -0.39 is 0 Å². The fraction of sp³-hybridized carbons (Fsp3) is 0.600. The fourth-order valence-corrected chi connectivity index (χ4v) is 2.71. The SMILES string of the molecule is COC(OC)C(C)NCc1cc(Br)cs1. The summed E-state index contributed by atoms with van der Waals surface area (Å²) in [6, 6.07) is 2.28. The van der Waals surface area contributed by atoms with E-state index >= 15 is 0 Å². The number of rotatable bonds is 6. The second-order valence-corrected chi connectivity index (χ2v) is 5.15. The van der Waals surface area contributed by atoms with Crippen LogP contribution in [-0.4, -0.2) is 26.6 Å². The van der Waals surface area contributed by atoms with Crippen LogP contribution < -0.4 is 5.32 Å². The molecule has 3 nitrogen and oxygen atoms in total. The summed E-state index contributed by atoms with van der Waals surface area (Å²) in [5, 5.41) is 5.43. The molecule has 0 aliphatic carbocycles. The van der Waals surface area contributed by atoms with Crippen LogP contribution in [0.25, 0.3) is 0 Å². The van der Waals surface area contributed by atoms with E-state index in [0.29, 0.717) is 0 Å². The van der Waals surface area contributed by atoms with Gasteiger partial charge in [-0.2, -0.15) is 0 Å². The normalized spacial score (nSPS) is 13.4. The zero-order valence-corrected chi connectivity index (χ0v) is 11.5. The van der Waals surface area contributed by atoms with Crippen LogP contribution in [0.15, 0.2) is 15.9 Å². The topological polar surface area (TPSA) is 30.5 Å². The molecule has 0 fully saturated rings. The monoisotopic (exact) mass is 293 g/mol. The maximum Gasteiger partial charge on any atom is 0.171 e. The Labute approximate surface area is 103 Å². The molecular weight excluding hydrogens is 278 g/mol. The lowest BCUT2D eigenvalue weighted by Gasteiger charge is -2.21. The molecule has 1 atom stereocenters. The van der Waals surface area contributed by atoms with Gasteiger partial charge >= 0.3 is 0 Å². The second kappa shape index (κ2) is 6.60. The van der Waals surface area contributed by atoms with E-state index in [2.05, 4.69) is 32.7 Å². The fourth-order valence-electron chi connectivity index (χ4n) is 1.31. The van der Waals surface area contributed by atoms with Gasteiger partial charge in [0.15, 0.2) is 6.29 Å². The van der Waals surface area contributed by atoms with E-state index in [9.17, 15) is 0 Å². The minimum absolute atomic E-state index is 0.167. The Morgan fingerprint density at radius 3 is 2.60 bits per heavy atom. The number of halogens is 1. The largest absolute Gasteiger partial charge is 0.354 e. The van der Waals surface area contributed by atoms with Crippen LogP contribution in [0.4, 0.5) is 0 Å². The number of methoxy groups -OCH3 is 2. The molecule has 0 saturated heterocycles. The molecule has 5 heteroatoms. The van der Waals surface area contributed by atoms with Gasteiger partial charge in [-0.05, 0) is 28.9 Å². The van der Waals surface area contributed by atoms with E-state index in [1.54, 1.807) is 25.6 Å². The Morgan fingerprint density at radius 1 is 1.47 bits per heavy atom. The van der Waals surface area contributed by atoms with E-state index in [1.807, 2.05) is 6.92 Å². The van der Waals surface area contributed by atoms with Gasteiger partial charge in [0.05, 0.1) is 6.04 Å². The molecule has 0 aromatic carbocycles. The number of ether oxygens (including phenoxy) is 2. The molecule has 0 aliphatic heterocycles. The molecular formula is C10H16BrNO2S. The Hall–Kier alpha value is 0.0600. The average Bonchev–Trinajstić information content (AvgIpc) is 2.63. The van der Waals surface area contributed by atoms with E-state index in [0.717, 1.165) is 11.0 Å². The van der Waals surface area contributed by atoms with Crippen molar-refractivity contribution in [3.63, 3.8) is 0 Å². The highest BCUT2D eigenvalue weighted by Gasteiger charge is 2.14. The lowest BCUT2D eigenvalue weighted by atomic mass is 10.3. The summed E-state index contributed by atoms with van der Waals surface area (Å²) in [6.45, 7) is 2.88. The highest BCUT2D eigenvalue weighted by molar-refractivity contribution is 9.10. The molecule has 1 N–H and O–H groups in total. The molecule has 86 valence electrons. The molecule has 0 saturated carbocycles. The number of hydrogen-bond acceptors (Lipinski definition) is 4. The van der Waals surface area contributed by atoms with Gasteiger partial charge in [0.2, 0.25) is 0 Å². The first kappa shape index (κ1) is 13.1. The van der Waals surface area contributed by atoms with Crippen LogP contribution in [0.5, 0.6) is 0 Å². The summed E-state index contributed by atoms with van der Waals surface area (Å²) in [5.41, 5.74) is 0. The van der Waals surface area contributed by atoms with Crippen LogP contribution in [0, 0.1) is 0 Å². The van der Waals surface area contributed by atoms with Gasteiger partial charge < -0.3 is 14.8 Å². The second-order valence-electron chi connectivity index (χ2n) is 3.24. The smallest absolute Gasteiger partial charge is 0.171 e. The van der Waals surface area contributed by atoms with Gasteiger partial charge in [0, 0.05) is 35.5 Å². The quantitative estimate of drug-likeness (QED) is 0.818. The number of thiophene rings is 1. The Morgan fingerprint density at radius 2 is 2.13 bits per heavy atom. The molecule has 0 amide bonds. The lowest BCUT2D eigenvalue weighted by molar-refractivity contribution is -0.119. The summed E-state index contributed by atoms with van der Waals surface area (Å²) in [4.78, 5) is 1.29. The minimum Gasteiger partial charge on any atom is -0.354 e. The predicted octanol–water partition coefficient (Wildman–Crippen LogP) is 2.61. The molecule has 15 heavy (non-hydrogen) atoms. The highest BCUT2D eigenvalue weighted by atomic mass is 79.9. The van der Waals surface area contributed by atoms with Crippen molar-refractivity contribution in [2.75, 3.05) is 14.2 Å². The Kier molecular flexibility index (Phi) is 5.78. The van der Waals surface area contributed by atoms with Crippen molar-refractivity contribution < 1.29 is 9.47 Å². The molecule has 0 bridgehead atoms. The van der Waals surface area contributed by atoms with Gasteiger partial charge in [0.1, 0.15) is 0 Å². The van der Waals surface area contributed by atoms with Crippen molar-refractivity contribution in [1.82, 2.24) is 5.32 Å². The van der Waals surface area contributed by atoms with Crippen LogP contribution >= 0.6 is 27.3 Å². The molecule has 1 aromatic rings. The summed E-state index contributed by atoms with van der Waals surface area (Å²) >= 11 is 5.16. The molecule has 0 aliphatic rings. The average molecular weight is 294 g/mol.